The molecule has 1 unspecified atom stereocenters. The molecule has 0 bridgehead atoms. The fourth-order valence-corrected chi connectivity index (χ4v) is 5.73. The Morgan fingerprint density at radius 2 is 1.63 bits per heavy atom. The Morgan fingerprint density at radius 3 is 2.46 bits per heavy atom. The lowest BCUT2D eigenvalue weighted by Gasteiger charge is -2.21. The Morgan fingerprint density at radius 1 is 0.902 bits per heavy atom. The fourth-order valence-electron chi connectivity index (χ4n) is 5.73. The summed E-state index contributed by atoms with van der Waals surface area (Å²) in [5.74, 6) is -0.0985. The van der Waals surface area contributed by atoms with Crippen molar-refractivity contribution in [2.75, 3.05) is 20.3 Å². The van der Waals surface area contributed by atoms with E-state index in [0.29, 0.717) is 13.2 Å². The zero-order chi connectivity index (χ0) is 28.0. The highest BCUT2D eigenvalue weighted by molar-refractivity contribution is 5.87. The number of imidazole rings is 1. The van der Waals surface area contributed by atoms with Crippen molar-refractivity contribution in [2.45, 2.75) is 25.3 Å². The van der Waals surface area contributed by atoms with E-state index in [9.17, 15) is 4.79 Å². The summed E-state index contributed by atoms with van der Waals surface area (Å²) in [6.07, 6.45) is 9.34. The lowest BCUT2D eigenvalue weighted by Crippen LogP contribution is -2.29. The van der Waals surface area contributed by atoms with Gasteiger partial charge in [0.15, 0.2) is 0 Å². The van der Waals surface area contributed by atoms with Crippen LogP contribution in [0.3, 0.4) is 0 Å². The molecule has 0 radical (unpaired) electrons. The summed E-state index contributed by atoms with van der Waals surface area (Å²) in [4.78, 5) is 17.5. The Kier molecular flexibility index (Phi) is 7.92. The number of hydrogen-bond acceptors (Lipinski definition) is 3. The second kappa shape index (κ2) is 12.2. The van der Waals surface area contributed by atoms with Crippen molar-refractivity contribution in [1.82, 2.24) is 19.4 Å². The zero-order valence-corrected chi connectivity index (χ0v) is 23.2. The number of aryl methyl sites for hydroxylation is 2. The molecule has 0 aliphatic carbocycles. The van der Waals surface area contributed by atoms with Gasteiger partial charge >= 0.3 is 6.03 Å². The normalized spacial score (nSPS) is 12.1. The first-order chi connectivity index (χ1) is 20.2. The van der Waals surface area contributed by atoms with E-state index >= 15 is 0 Å². The first kappa shape index (κ1) is 26.5. The quantitative estimate of drug-likeness (QED) is 0.190. The number of nitrogens with one attached hydrogen (secondary N) is 1. The molecular formula is C35H34N4O2. The van der Waals surface area contributed by atoms with Crippen molar-refractivity contribution in [3.8, 4) is 0 Å². The standard InChI is InChI=1S/C35H34N4O2/c1-41-22-8-19-37-35(40)38-20-18-29(24-38)34(32-16-7-13-27-10-3-5-15-31(27)32)33-23-36-25-39(33)21-17-28-12-6-11-26-9-2-4-14-30(26)28/h2-7,9-16,18,20,23-25,34H,8,17,19,21-22H2,1H3,(H,37,40). The first-order valence-electron chi connectivity index (χ1n) is 14.1. The third kappa shape index (κ3) is 5.65. The molecule has 6 aromatic rings. The molecular weight excluding hydrogens is 508 g/mol. The highest BCUT2D eigenvalue weighted by atomic mass is 16.5. The summed E-state index contributed by atoms with van der Waals surface area (Å²) in [6.45, 7) is 1.97. The van der Waals surface area contributed by atoms with Crippen LogP contribution in [0, 0.1) is 0 Å². The summed E-state index contributed by atoms with van der Waals surface area (Å²) < 4.78 is 9.00. The van der Waals surface area contributed by atoms with Crippen molar-refractivity contribution in [1.29, 1.82) is 0 Å². The van der Waals surface area contributed by atoms with Gasteiger partial charge in [-0.15, -0.1) is 0 Å². The van der Waals surface area contributed by atoms with Crippen molar-refractivity contribution >= 4 is 27.6 Å². The summed E-state index contributed by atoms with van der Waals surface area (Å²) in [7, 11) is 1.67. The van der Waals surface area contributed by atoms with Crippen LogP contribution in [0.5, 0.6) is 0 Å². The van der Waals surface area contributed by atoms with Gasteiger partial charge in [0, 0.05) is 51.1 Å². The Hall–Kier alpha value is -4.68. The number of fused-ring (bicyclic) bond motifs is 2. The van der Waals surface area contributed by atoms with Gasteiger partial charge in [-0.2, -0.15) is 0 Å². The number of carbonyl (C=O) groups is 1. The monoisotopic (exact) mass is 542 g/mol. The average molecular weight is 543 g/mol. The predicted octanol–water partition coefficient (Wildman–Crippen LogP) is 7.01. The second-order valence-electron chi connectivity index (χ2n) is 10.3. The van der Waals surface area contributed by atoms with Crippen molar-refractivity contribution in [3.63, 3.8) is 0 Å². The lowest BCUT2D eigenvalue weighted by atomic mass is 9.87. The van der Waals surface area contributed by atoms with E-state index in [1.54, 1.807) is 11.7 Å². The maximum absolute atomic E-state index is 12.9. The maximum Gasteiger partial charge on any atom is 0.325 e. The highest BCUT2D eigenvalue weighted by Gasteiger charge is 2.24. The molecule has 206 valence electrons. The fraction of sp³-hybridized carbons (Fsp3) is 0.200. The van der Waals surface area contributed by atoms with Crippen LogP contribution >= 0.6 is 0 Å². The van der Waals surface area contributed by atoms with Crippen LogP contribution in [-0.2, 0) is 17.7 Å². The van der Waals surface area contributed by atoms with Gasteiger partial charge in [-0.1, -0.05) is 84.9 Å². The average Bonchev–Trinajstić information content (AvgIpc) is 3.69. The number of carbonyl (C=O) groups excluding carboxylic acids is 1. The van der Waals surface area contributed by atoms with Gasteiger partial charge in [0.25, 0.3) is 0 Å². The SMILES string of the molecule is COCCCNC(=O)n1ccc(C(c2cccc3ccccc23)c2cncn2CCc2cccc3ccccc23)c1. The van der Waals surface area contributed by atoms with E-state index in [1.807, 2.05) is 31.0 Å². The summed E-state index contributed by atoms with van der Waals surface area (Å²) in [6, 6.07) is 31.9. The molecule has 6 heteroatoms. The molecule has 1 atom stereocenters. The summed E-state index contributed by atoms with van der Waals surface area (Å²) in [5, 5.41) is 7.91. The molecule has 0 fully saturated rings. The molecule has 0 spiro atoms. The van der Waals surface area contributed by atoms with E-state index in [1.165, 1.54) is 32.7 Å². The Balaban J connectivity index is 1.36. The Labute approximate surface area is 240 Å². The van der Waals surface area contributed by atoms with Gasteiger partial charge < -0.3 is 14.6 Å². The predicted molar refractivity (Wildman–Crippen MR) is 164 cm³/mol. The third-order valence-electron chi connectivity index (χ3n) is 7.76. The van der Waals surface area contributed by atoms with Crippen LogP contribution in [0.1, 0.15) is 34.7 Å². The van der Waals surface area contributed by atoms with Gasteiger partial charge in [-0.05, 0) is 57.1 Å². The van der Waals surface area contributed by atoms with Gasteiger partial charge in [0.1, 0.15) is 0 Å². The minimum absolute atomic E-state index is 0.0985. The molecule has 2 heterocycles. The van der Waals surface area contributed by atoms with E-state index < -0.39 is 0 Å². The number of aromatic nitrogens is 3. The molecule has 1 N–H and O–H groups in total. The van der Waals surface area contributed by atoms with Crippen LogP contribution in [-0.4, -0.2) is 40.4 Å². The molecule has 1 amide bonds. The molecule has 0 saturated heterocycles. The molecule has 41 heavy (non-hydrogen) atoms. The molecule has 4 aromatic carbocycles. The van der Waals surface area contributed by atoms with Crippen LogP contribution in [0.4, 0.5) is 4.79 Å². The maximum atomic E-state index is 12.9. The van der Waals surface area contributed by atoms with Crippen LogP contribution in [0.25, 0.3) is 21.5 Å². The van der Waals surface area contributed by atoms with Gasteiger partial charge in [0.05, 0.1) is 12.2 Å². The van der Waals surface area contributed by atoms with Crippen molar-refractivity contribution in [2.24, 2.45) is 0 Å². The summed E-state index contributed by atoms with van der Waals surface area (Å²) >= 11 is 0. The topological polar surface area (TPSA) is 61.1 Å². The highest BCUT2D eigenvalue weighted by Crippen LogP contribution is 2.36. The Bertz CT molecular complexity index is 1770. The second-order valence-corrected chi connectivity index (χ2v) is 10.3. The van der Waals surface area contributed by atoms with Crippen LogP contribution in [0.2, 0.25) is 0 Å². The van der Waals surface area contributed by atoms with Crippen LogP contribution in [0.15, 0.2) is 116 Å². The number of amides is 1. The lowest BCUT2D eigenvalue weighted by molar-refractivity contribution is 0.193. The van der Waals surface area contributed by atoms with Crippen LogP contribution < -0.4 is 5.32 Å². The van der Waals surface area contributed by atoms with Crippen molar-refractivity contribution < 1.29 is 9.53 Å². The zero-order valence-electron chi connectivity index (χ0n) is 23.2. The molecule has 2 aromatic heterocycles. The molecule has 6 rings (SSSR count). The number of benzene rings is 4. The third-order valence-corrected chi connectivity index (χ3v) is 7.76. The van der Waals surface area contributed by atoms with Gasteiger partial charge in [-0.3, -0.25) is 4.57 Å². The molecule has 0 saturated carbocycles. The number of ether oxygens (including phenoxy) is 1. The number of methoxy groups -OCH3 is 1. The van der Waals surface area contributed by atoms with E-state index in [4.69, 9.17) is 4.74 Å². The first-order valence-corrected chi connectivity index (χ1v) is 14.1. The number of rotatable bonds is 10. The molecule has 6 nitrogen and oxygen atoms in total. The minimum atomic E-state index is -0.145. The van der Waals surface area contributed by atoms with Gasteiger partial charge in [-0.25, -0.2) is 9.78 Å². The minimum Gasteiger partial charge on any atom is -0.385 e. The number of nitrogens with zero attached hydrogens (tertiary/aromatic N) is 3. The molecule has 0 aliphatic heterocycles. The van der Waals surface area contributed by atoms with E-state index in [0.717, 1.165) is 30.6 Å². The van der Waals surface area contributed by atoms with E-state index in [2.05, 4.69) is 99.8 Å². The largest absolute Gasteiger partial charge is 0.385 e. The summed E-state index contributed by atoms with van der Waals surface area (Å²) in [5.41, 5.74) is 4.65. The molecule has 0 aliphatic rings. The number of hydrogen-bond donors (Lipinski definition) is 1. The van der Waals surface area contributed by atoms with Gasteiger partial charge in [0.2, 0.25) is 0 Å². The smallest absolute Gasteiger partial charge is 0.325 e. The van der Waals surface area contributed by atoms with E-state index in [-0.39, 0.29) is 11.9 Å². The van der Waals surface area contributed by atoms with Crippen molar-refractivity contribution in [3.05, 3.63) is 138 Å².